The molecule has 5 rings (SSSR count). The van der Waals surface area contributed by atoms with Crippen molar-refractivity contribution in [2.24, 2.45) is 23.7 Å². The van der Waals surface area contributed by atoms with Crippen LogP contribution in [0.1, 0.15) is 40.0 Å². The summed E-state index contributed by atoms with van der Waals surface area (Å²) in [6.45, 7) is 8.78. The fraction of sp³-hybridized carbons (Fsp3) is 0.846. The first-order chi connectivity index (χ1) is 16.6. The highest BCUT2D eigenvalue weighted by Crippen LogP contribution is 2.60. The Hall–Kier alpha value is -1.84. The second-order valence-corrected chi connectivity index (χ2v) is 11.7. The summed E-state index contributed by atoms with van der Waals surface area (Å²) in [5, 5.41) is 0. The number of allylic oxidation sites excluding steroid dienone is 1. The molecular formula is C26H40N2O7. The summed E-state index contributed by atoms with van der Waals surface area (Å²) in [6.07, 6.45) is 3.58. The van der Waals surface area contributed by atoms with Gasteiger partial charge in [-0.2, -0.15) is 0 Å². The highest BCUT2D eigenvalue weighted by molar-refractivity contribution is 5.69. The highest BCUT2D eigenvalue weighted by Gasteiger charge is 2.72. The van der Waals surface area contributed by atoms with Gasteiger partial charge in [0.15, 0.2) is 0 Å². The van der Waals surface area contributed by atoms with Crippen LogP contribution in [0.25, 0.3) is 0 Å². The Morgan fingerprint density at radius 3 is 2.46 bits per heavy atom. The van der Waals surface area contributed by atoms with Crippen molar-refractivity contribution < 1.29 is 33.3 Å². The molecule has 3 saturated heterocycles. The summed E-state index contributed by atoms with van der Waals surface area (Å²) in [7, 11) is 5.04. The average Bonchev–Trinajstić information content (AvgIpc) is 3.77. The van der Waals surface area contributed by atoms with Crippen molar-refractivity contribution in [1.82, 2.24) is 9.80 Å². The van der Waals surface area contributed by atoms with E-state index in [1.54, 1.807) is 26.1 Å². The molecule has 1 unspecified atom stereocenters. The van der Waals surface area contributed by atoms with E-state index in [0.29, 0.717) is 44.1 Å². The molecule has 2 amide bonds. The Labute approximate surface area is 208 Å². The largest absolute Gasteiger partial charge is 0.449 e. The number of amides is 2. The average molecular weight is 493 g/mol. The van der Waals surface area contributed by atoms with Crippen molar-refractivity contribution in [3.8, 4) is 0 Å². The van der Waals surface area contributed by atoms with Gasteiger partial charge in [0.1, 0.15) is 23.4 Å². The molecule has 3 heterocycles. The van der Waals surface area contributed by atoms with E-state index < -0.39 is 0 Å². The smallest absolute Gasteiger partial charge is 0.410 e. The van der Waals surface area contributed by atoms with Crippen molar-refractivity contribution in [3.05, 3.63) is 11.6 Å². The zero-order valence-corrected chi connectivity index (χ0v) is 21.8. The van der Waals surface area contributed by atoms with Crippen LogP contribution in [0.4, 0.5) is 9.59 Å². The van der Waals surface area contributed by atoms with Crippen molar-refractivity contribution in [1.29, 1.82) is 0 Å². The van der Waals surface area contributed by atoms with Crippen LogP contribution in [0.5, 0.6) is 0 Å². The van der Waals surface area contributed by atoms with Gasteiger partial charge in [0, 0.05) is 40.2 Å². The SMILES string of the molecule is CO[C@@H]1[C@H](OC(=O)N2C[C@@H]3C(COC(=O)N(C)C)[C@@H]3C2)CC[C@]2(CO2)[C@H]1[C@@]1(C)O[C@@H]1CC=C(C)C. The van der Waals surface area contributed by atoms with E-state index in [-0.39, 0.29) is 47.6 Å². The molecule has 0 radical (unpaired) electrons. The number of epoxide rings is 2. The quantitative estimate of drug-likeness (QED) is 0.398. The van der Waals surface area contributed by atoms with Crippen LogP contribution in [-0.4, -0.2) is 99.0 Å². The van der Waals surface area contributed by atoms with Crippen LogP contribution in [0, 0.1) is 23.7 Å². The molecule has 9 heteroatoms. The molecular weight excluding hydrogens is 452 g/mol. The minimum absolute atomic E-state index is 0.0184. The minimum Gasteiger partial charge on any atom is -0.449 e. The second-order valence-electron chi connectivity index (χ2n) is 11.7. The topological polar surface area (TPSA) is 93.4 Å². The number of ether oxygens (including phenoxy) is 5. The first-order valence-corrected chi connectivity index (χ1v) is 12.9. The zero-order chi connectivity index (χ0) is 25.1. The van der Waals surface area contributed by atoms with E-state index in [1.165, 1.54) is 10.5 Å². The summed E-state index contributed by atoms with van der Waals surface area (Å²) >= 11 is 0. The molecule has 0 bridgehead atoms. The summed E-state index contributed by atoms with van der Waals surface area (Å²) < 4.78 is 29.6. The van der Waals surface area contributed by atoms with E-state index in [1.807, 2.05) is 0 Å². The molecule has 5 aliphatic rings. The number of nitrogens with zero attached hydrogens (tertiary/aromatic N) is 2. The first-order valence-electron chi connectivity index (χ1n) is 12.9. The van der Waals surface area contributed by atoms with Gasteiger partial charge >= 0.3 is 12.2 Å². The van der Waals surface area contributed by atoms with Gasteiger partial charge in [-0.25, -0.2) is 9.59 Å². The zero-order valence-electron chi connectivity index (χ0n) is 21.8. The van der Waals surface area contributed by atoms with Gasteiger partial charge in [-0.3, -0.25) is 0 Å². The molecule has 3 aliphatic heterocycles. The Morgan fingerprint density at radius 1 is 1.20 bits per heavy atom. The molecule has 2 saturated carbocycles. The summed E-state index contributed by atoms with van der Waals surface area (Å²) in [6, 6.07) is 0. The number of methoxy groups -OCH3 is 1. The highest BCUT2D eigenvalue weighted by atomic mass is 16.6. The van der Waals surface area contributed by atoms with E-state index in [2.05, 4.69) is 26.8 Å². The van der Waals surface area contributed by atoms with Gasteiger partial charge in [-0.05, 0) is 51.9 Å². The maximum atomic E-state index is 13.1. The molecule has 5 fully saturated rings. The third-order valence-electron chi connectivity index (χ3n) is 8.88. The normalized spacial score (nSPS) is 42.8. The first kappa shape index (κ1) is 24.8. The Morgan fingerprint density at radius 2 is 1.89 bits per heavy atom. The van der Waals surface area contributed by atoms with Gasteiger partial charge in [0.25, 0.3) is 0 Å². The third kappa shape index (κ3) is 4.55. The molecule has 0 aromatic heterocycles. The fourth-order valence-electron chi connectivity index (χ4n) is 6.62. The predicted octanol–water partition coefficient (Wildman–Crippen LogP) is 3.08. The van der Waals surface area contributed by atoms with Gasteiger partial charge in [0.05, 0.1) is 25.2 Å². The van der Waals surface area contributed by atoms with Crippen LogP contribution >= 0.6 is 0 Å². The standard InChI is InChI=1S/C26H40N2O7/c1-15(2)7-8-20-25(3,35-20)22-21(31-6)19(9-10-26(22)14-33-26)34-24(30)28-11-16-17(12-28)18(16)13-32-23(29)27(4)5/h7,16-22H,8-14H2,1-6H3/t16-,17+,18?,19-,20-,21-,22-,25+,26+/m1/s1. The van der Waals surface area contributed by atoms with E-state index >= 15 is 0 Å². The number of rotatable bonds is 7. The number of carbonyl (C=O) groups excluding carboxylic acids is 2. The predicted molar refractivity (Wildman–Crippen MR) is 127 cm³/mol. The molecule has 2 aliphatic carbocycles. The minimum atomic E-state index is -0.347. The molecule has 35 heavy (non-hydrogen) atoms. The molecule has 0 aromatic carbocycles. The van der Waals surface area contributed by atoms with Gasteiger partial charge in [-0.15, -0.1) is 0 Å². The van der Waals surface area contributed by atoms with E-state index in [4.69, 9.17) is 23.7 Å². The van der Waals surface area contributed by atoms with E-state index in [0.717, 1.165) is 19.3 Å². The summed E-state index contributed by atoms with van der Waals surface area (Å²) in [5.41, 5.74) is 0.700. The number of piperidine rings is 1. The van der Waals surface area contributed by atoms with Crippen LogP contribution in [0.2, 0.25) is 0 Å². The number of hydrogen-bond acceptors (Lipinski definition) is 7. The van der Waals surface area contributed by atoms with Gasteiger partial charge in [0.2, 0.25) is 0 Å². The maximum Gasteiger partial charge on any atom is 0.410 e. The van der Waals surface area contributed by atoms with Crippen LogP contribution in [-0.2, 0) is 23.7 Å². The monoisotopic (exact) mass is 492 g/mol. The van der Waals surface area contributed by atoms with Crippen molar-refractivity contribution >= 4 is 12.2 Å². The molecule has 0 N–H and O–H groups in total. The fourth-order valence-corrected chi connectivity index (χ4v) is 6.62. The summed E-state index contributed by atoms with van der Waals surface area (Å²) in [5.74, 6) is 1.12. The summed E-state index contributed by atoms with van der Waals surface area (Å²) in [4.78, 5) is 28.0. The third-order valence-corrected chi connectivity index (χ3v) is 8.88. The van der Waals surface area contributed by atoms with Crippen LogP contribution in [0.15, 0.2) is 11.6 Å². The van der Waals surface area contributed by atoms with Gasteiger partial charge in [-0.1, -0.05) is 11.6 Å². The Balaban J connectivity index is 1.17. The molecule has 9 nitrogen and oxygen atoms in total. The lowest BCUT2D eigenvalue weighted by Gasteiger charge is -2.43. The van der Waals surface area contributed by atoms with Crippen molar-refractivity contribution in [2.45, 2.75) is 69.5 Å². The molecule has 0 aromatic rings. The Bertz CT molecular complexity index is 871. The number of carbonyl (C=O) groups is 2. The molecule has 1 spiro atoms. The van der Waals surface area contributed by atoms with Gasteiger partial charge < -0.3 is 33.5 Å². The molecule has 196 valence electrons. The lowest BCUT2D eigenvalue weighted by molar-refractivity contribution is -0.121. The maximum absolute atomic E-state index is 13.1. The van der Waals surface area contributed by atoms with Crippen LogP contribution < -0.4 is 0 Å². The number of hydrogen-bond donors (Lipinski definition) is 0. The lowest BCUT2D eigenvalue weighted by atomic mass is 9.68. The van der Waals surface area contributed by atoms with E-state index in [9.17, 15) is 9.59 Å². The second kappa shape index (κ2) is 8.92. The van der Waals surface area contributed by atoms with Crippen molar-refractivity contribution in [2.75, 3.05) is 47.5 Å². The Kier molecular flexibility index (Phi) is 6.33. The van der Waals surface area contributed by atoms with Crippen molar-refractivity contribution in [3.63, 3.8) is 0 Å². The lowest BCUT2D eigenvalue weighted by Crippen LogP contribution is -2.56. The number of likely N-dealkylation sites (tertiary alicyclic amines) is 1. The van der Waals surface area contributed by atoms with Crippen LogP contribution in [0.3, 0.4) is 0 Å². The number of fused-ring (bicyclic) bond motifs is 1. The molecule has 9 atom stereocenters.